The van der Waals surface area contributed by atoms with Crippen LogP contribution < -0.4 is 0 Å². The van der Waals surface area contributed by atoms with E-state index in [1.807, 2.05) is 28.1 Å². The molecule has 1 fully saturated rings. The maximum Gasteiger partial charge on any atom is 0.237 e. The zero-order valence-electron chi connectivity index (χ0n) is 14.8. The number of rotatable bonds is 4. The smallest absolute Gasteiger partial charge is 0.237 e. The van der Waals surface area contributed by atoms with E-state index in [2.05, 4.69) is 23.2 Å². The van der Waals surface area contributed by atoms with Gasteiger partial charge in [-0.1, -0.05) is 24.3 Å². The van der Waals surface area contributed by atoms with Gasteiger partial charge in [-0.15, -0.1) is 0 Å². The highest BCUT2D eigenvalue weighted by Crippen LogP contribution is 2.29. The number of amides is 1. The fraction of sp³-hybridized carbons (Fsp3) is 0.450. The Labute approximate surface area is 152 Å². The van der Waals surface area contributed by atoms with Crippen molar-refractivity contribution >= 4 is 22.4 Å². The topological polar surface area (TPSA) is 79.8 Å². The molecule has 1 saturated heterocycles. The number of H-pyrrole nitrogens is 1. The zero-order chi connectivity index (χ0) is 18.1. The minimum absolute atomic E-state index is 0.0189. The number of aliphatic hydroxyl groups is 2. The summed E-state index contributed by atoms with van der Waals surface area (Å²) in [6.07, 6.45) is 5.11. The number of benzene rings is 1. The van der Waals surface area contributed by atoms with Gasteiger partial charge in [-0.3, -0.25) is 9.69 Å². The second-order valence-corrected chi connectivity index (χ2v) is 7.22. The Morgan fingerprint density at radius 1 is 1.31 bits per heavy atom. The predicted octanol–water partition coefficient (Wildman–Crippen LogP) is 1.21. The lowest BCUT2D eigenvalue weighted by molar-refractivity contribution is -0.132. The number of β-amino-alcohol motifs (C(OH)–C–C–N with tert-alkyl or cyclic N) is 1. The van der Waals surface area contributed by atoms with E-state index >= 15 is 0 Å². The molecule has 1 amide bonds. The number of carbonyl (C=O) groups is 1. The lowest BCUT2D eigenvalue weighted by atomic mass is 9.99. The van der Waals surface area contributed by atoms with Crippen LogP contribution in [0, 0.1) is 0 Å². The average Bonchev–Trinajstić information content (AvgIpc) is 3.25. The van der Waals surface area contributed by atoms with Crippen LogP contribution in [-0.4, -0.2) is 75.8 Å². The minimum Gasteiger partial charge on any atom is -0.395 e. The van der Waals surface area contributed by atoms with Crippen LogP contribution in [0.3, 0.4) is 0 Å². The van der Waals surface area contributed by atoms with Gasteiger partial charge in [0, 0.05) is 48.3 Å². The Hall–Kier alpha value is -2.15. The number of para-hydroxylation sites is 1. The third kappa shape index (κ3) is 3.28. The summed E-state index contributed by atoms with van der Waals surface area (Å²) >= 11 is 0. The van der Waals surface area contributed by atoms with E-state index in [0.717, 1.165) is 11.9 Å². The number of nitrogens with zero attached hydrogens (tertiary/aromatic N) is 2. The van der Waals surface area contributed by atoms with Crippen molar-refractivity contribution in [3.8, 4) is 0 Å². The number of hydrogen-bond donors (Lipinski definition) is 3. The number of nitrogens with one attached hydrogen (secondary N) is 1. The van der Waals surface area contributed by atoms with Gasteiger partial charge in [0.1, 0.15) is 0 Å². The van der Waals surface area contributed by atoms with E-state index in [0.29, 0.717) is 26.1 Å². The summed E-state index contributed by atoms with van der Waals surface area (Å²) in [5.41, 5.74) is 3.62. The van der Waals surface area contributed by atoms with E-state index < -0.39 is 6.10 Å². The lowest BCUT2D eigenvalue weighted by Crippen LogP contribution is -2.44. The molecule has 26 heavy (non-hydrogen) atoms. The van der Waals surface area contributed by atoms with Crippen LogP contribution in [0.2, 0.25) is 0 Å². The predicted molar refractivity (Wildman–Crippen MR) is 101 cm³/mol. The van der Waals surface area contributed by atoms with Crippen LogP contribution in [0.1, 0.15) is 18.4 Å². The quantitative estimate of drug-likeness (QED) is 0.770. The lowest BCUT2D eigenvalue weighted by Gasteiger charge is -2.30. The van der Waals surface area contributed by atoms with Crippen LogP contribution in [0.25, 0.3) is 16.5 Å². The number of likely N-dealkylation sites (tertiary alicyclic amines) is 1. The van der Waals surface area contributed by atoms with Crippen molar-refractivity contribution in [3.05, 3.63) is 42.1 Å². The normalized spacial score (nSPS) is 24.2. The molecule has 0 bridgehead atoms. The number of aromatic amines is 1. The minimum atomic E-state index is -0.449. The molecule has 4 rings (SSSR count). The Balaban J connectivity index is 1.42. The van der Waals surface area contributed by atoms with Crippen molar-refractivity contribution in [2.75, 3.05) is 32.8 Å². The molecule has 138 valence electrons. The van der Waals surface area contributed by atoms with E-state index in [1.54, 1.807) is 0 Å². The molecule has 2 atom stereocenters. The van der Waals surface area contributed by atoms with E-state index in [9.17, 15) is 15.0 Å². The molecule has 0 radical (unpaired) electrons. The summed E-state index contributed by atoms with van der Waals surface area (Å²) in [5.74, 6) is 0.0618. The van der Waals surface area contributed by atoms with Crippen molar-refractivity contribution in [2.45, 2.75) is 25.0 Å². The van der Waals surface area contributed by atoms with Gasteiger partial charge >= 0.3 is 0 Å². The summed E-state index contributed by atoms with van der Waals surface area (Å²) in [7, 11) is 0. The second kappa shape index (κ2) is 7.23. The first kappa shape index (κ1) is 17.3. The molecule has 2 aromatic rings. The zero-order valence-corrected chi connectivity index (χ0v) is 14.8. The molecule has 0 unspecified atom stereocenters. The van der Waals surface area contributed by atoms with Gasteiger partial charge in [-0.2, -0.15) is 0 Å². The number of fused-ring (bicyclic) bond motifs is 1. The van der Waals surface area contributed by atoms with E-state index in [4.69, 9.17) is 0 Å². The first-order chi connectivity index (χ1) is 12.7. The van der Waals surface area contributed by atoms with Crippen molar-refractivity contribution in [2.24, 2.45) is 0 Å². The highest BCUT2D eigenvalue weighted by Gasteiger charge is 2.32. The van der Waals surface area contributed by atoms with Gasteiger partial charge in [-0.25, -0.2) is 0 Å². The molecule has 0 spiro atoms. The SMILES string of the molecule is O=C(CN1C[C@H](O)C[C@H]1CO)N1CC=C(c2c[nH]c3ccccc23)CC1. The van der Waals surface area contributed by atoms with Crippen molar-refractivity contribution in [3.63, 3.8) is 0 Å². The maximum atomic E-state index is 12.6. The molecule has 3 heterocycles. The fourth-order valence-electron chi connectivity index (χ4n) is 4.09. The number of carbonyl (C=O) groups excluding carboxylic acids is 1. The Bertz CT molecular complexity index is 829. The molecule has 0 aliphatic carbocycles. The average molecular weight is 355 g/mol. The first-order valence-corrected chi connectivity index (χ1v) is 9.22. The third-order valence-corrected chi connectivity index (χ3v) is 5.55. The molecule has 6 nitrogen and oxygen atoms in total. The van der Waals surface area contributed by atoms with Gasteiger partial charge in [-0.05, 0) is 24.5 Å². The van der Waals surface area contributed by atoms with Crippen LogP contribution >= 0.6 is 0 Å². The maximum absolute atomic E-state index is 12.6. The molecule has 3 N–H and O–H groups in total. The van der Waals surface area contributed by atoms with E-state index in [1.165, 1.54) is 16.5 Å². The molecule has 1 aromatic carbocycles. The monoisotopic (exact) mass is 355 g/mol. The molecule has 2 aliphatic rings. The number of aliphatic hydroxyl groups excluding tert-OH is 2. The Morgan fingerprint density at radius 2 is 2.15 bits per heavy atom. The number of aromatic nitrogens is 1. The molecular formula is C20H25N3O3. The molecular weight excluding hydrogens is 330 g/mol. The van der Waals surface area contributed by atoms with Crippen molar-refractivity contribution in [1.82, 2.24) is 14.8 Å². The van der Waals surface area contributed by atoms with Crippen LogP contribution in [0.4, 0.5) is 0 Å². The molecule has 2 aliphatic heterocycles. The molecule has 1 aromatic heterocycles. The Kier molecular flexibility index (Phi) is 4.80. The van der Waals surface area contributed by atoms with Crippen LogP contribution in [-0.2, 0) is 4.79 Å². The highest BCUT2D eigenvalue weighted by molar-refractivity contribution is 5.93. The van der Waals surface area contributed by atoms with Gasteiger partial charge in [0.05, 0.1) is 19.3 Å². The molecule has 0 saturated carbocycles. The summed E-state index contributed by atoms with van der Waals surface area (Å²) in [6, 6.07) is 8.14. The van der Waals surface area contributed by atoms with Crippen LogP contribution in [0.5, 0.6) is 0 Å². The molecule has 6 heteroatoms. The highest BCUT2D eigenvalue weighted by atomic mass is 16.3. The standard InChI is InChI=1S/C20H25N3O3/c24-13-15-9-16(25)11-23(15)12-20(26)22-7-5-14(6-8-22)18-10-21-19-4-2-1-3-17(18)19/h1-5,10,15-16,21,24-25H,6-9,11-13H2/t15-,16+/m0/s1. The second-order valence-electron chi connectivity index (χ2n) is 7.22. The van der Waals surface area contributed by atoms with Gasteiger partial charge < -0.3 is 20.1 Å². The van der Waals surface area contributed by atoms with Crippen molar-refractivity contribution < 1.29 is 15.0 Å². The Morgan fingerprint density at radius 3 is 2.92 bits per heavy atom. The van der Waals surface area contributed by atoms with Crippen LogP contribution in [0.15, 0.2) is 36.5 Å². The summed E-state index contributed by atoms with van der Waals surface area (Å²) in [5, 5.41) is 20.4. The largest absolute Gasteiger partial charge is 0.395 e. The fourth-order valence-corrected chi connectivity index (χ4v) is 4.09. The summed E-state index contributed by atoms with van der Waals surface area (Å²) in [4.78, 5) is 19.7. The summed E-state index contributed by atoms with van der Waals surface area (Å²) < 4.78 is 0. The van der Waals surface area contributed by atoms with Gasteiger partial charge in [0.15, 0.2) is 0 Å². The first-order valence-electron chi connectivity index (χ1n) is 9.22. The van der Waals surface area contributed by atoms with E-state index in [-0.39, 0.29) is 25.1 Å². The van der Waals surface area contributed by atoms with Crippen molar-refractivity contribution in [1.29, 1.82) is 0 Å². The third-order valence-electron chi connectivity index (χ3n) is 5.55. The van der Waals surface area contributed by atoms with Gasteiger partial charge in [0.25, 0.3) is 0 Å². The number of hydrogen-bond acceptors (Lipinski definition) is 4. The van der Waals surface area contributed by atoms with Gasteiger partial charge in [0.2, 0.25) is 5.91 Å². The summed E-state index contributed by atoms with van der Waals surface area (Å²) in [6.45, 7) is 2.01.